The summed E-state index contributed by atoms with van der Waals surface area (Å²) < 4.78 is 5.17. The Hall–Kier alpha value is -2.62. The molecule has 0 aliphatic heterocycles. The van der Waals surface area contributed by atoms with Crippen LogP contribution >= 0.6 is 0 Å². The molecule has 22 heavy (non-hydrogen) atoms. The van der Waals surface area contributed by atoms with E-state index in [0.717, 1.165) is 16.7 Å². The van der Waals surface area contributed by atoms with Crippen LogP contribution < -0.4 is 5.32 Å². The molecule has 0 bridgehead atoms. The molecule has 2 rings (SSSR count). The highest BCUT2D eigenvalue weighted by molar-refractivity contribution is 5.98. The van der Waals surface area contributed by atoms with E-state index in [1.807, 2.05) is 44.2 Å². The van der Waals surface area contributed by atoms with Crippen LogP contribution in [0.25, 0.3) is 0 Å². The van der Waals surface area contributed by atoms with Gasteiger partial charge in [0.1, 0.15) is 6.61 Å². The van der Waals surface area contributed by atoms with E-state index >= 15 is 0 Å². The third-order valence-electron chi connectivity index (χ3n) is 3.34. The number of ketones is 1. The van der Waals surface area contributed by atoms with Crippen LogP contribution in [0.4, 0.5) is 10.5 Å². The van der Waals surface area contributed by atoms with Crippen molar-refractivity contribution in [3.05, 3.63) is 64.7 Å². The van der Waals surface area contributed by atoms with Gasteiger partial charge in [0, 0.05) is 11.3 Å². The number of carbonyl (C=O) groups excluding carboxylic acids is 2. The lowest BCUT2D eigenvalue weighted by atomic mass is 9.99. The predicted molar refractivity (Wildman–Crippen MR) is 86.2 cm³/mol. The molecule has 0 fully saturated rings. The molecule has 0 radical (unpaired) electrons. The fourth-order valence-corrected chi connectivity index (χ4v) is 2.47. The summed E-state index contributed by atoms with van der Waals surface area (Å²) >= 11 is 0. The average Bonchev–Trinajstić information content (AvgIpc) is 2.45. The van der Waals surface area contributed by atoms with Gasteiger partial charge in [-0.1, -0.05) is 30.3 Å². The van der Waals surface area contributed by atoms with E-state index in [2.05, 4.69) is 5.32 Å². The zero-order valence-corrected chi connectivity index (χ0v) is 13.0. The van der Waals surface area contributed by atoms with Gasteiger partial charge in [0.2, 0.25) is 0 Å². The average molecular weight is 297 g/mol. The molecule has 0 aliphatic rings. The molecule has 1 amide bonds. The van der Waals surface area contributed by atoms with Gasteiger partial charge in [-0.15, -0.1) is 0 Å². The van der Waals surface area contributed by atoms with Gasteiger partial charge in [0.25, 0.3) is 0 Å². The largest absolute Gasteiger partial charge is 0.444 e. The second kappa shape index (κ2) is 6.89. The molecule has 2 aromatic rings. The third kappa shape index (κ3) is 3.95. The number of rotatable bonds is 4. The summed E-state index contributed by atoms with van der Waals surface area (Å²) in [5.74, 6) is 0.0215. The quantitative estimate of drug-likeness (QED) is 0.858. The van der Waals surface area contributed by atoms with Crippen molar-refractivity contribution < 1.29 is 14.3 Å². The van der Waals surface area contributed by atoms with Crippen LogP contribution in [0.5, 0.6) is 0 Å². The Balaban J connectivity index is 2.01. The van der Waals surface area contributed by atoms with Gasteiger partial charge in [-0.3, -0.25) is 10.1 Å². The maximum absolute atomic E-state index is 11.8. The van der Waals surface area contributed by atoms with Crippen molar-refractivity contribution in [1.82, 2.24) is 0 Å². The molecule has 2 aromatic carbocycles. The van der Waals surface area contributed by atoms with E-state index in [1.165, 1.54) is 6.92 Å². The van der Waals surface area contributed by atoms with Crippen molar-refractivity contribution in [2.75, 3.05) is 5.32 Å². The van der Waals surface area contributed by atoms with Crippen LogP contribution in [-0.4, -0.2) is 11.9 Å². The molecule has 0 atom stereocenters. The number of ether oxygens (including phenoxy) is 1. The van der Waals surface area contributed by atoms with Crippen LogP contribution in [0.2, 0.25) is 0 Å². The van der Waals surface area contributed by atoms with Crippen LogP contribution in [0.3, 0.4) is 0 Å². The summed E-state index contributed by atoms with van der Waals surface area (Å²) in [4.78, 5) is 23.4. The molecule has 114 valence electrons. The summed E-state index contributed by atoms with van der Waals surface area (Å²) in [5, 5.41) is 2.69. The Labute approximate surface area is 130 Å². The predicted octanol–water partition coefficient (Wildman–Crippen LogP) is 4.25. The Bertz CT molecular complexity index is 670. The minimum absolute atomic E-state index is 0.0215. The fourth-order valence-electron chi connectivity index (χ4n) is 2.47. The lowest BCUT2D eigenvalue weighted by Gasteiger charge is -2.11. The van der Waals surface area contributed by atoms with Crippen LogP contribution in [0.1, 0.15) is 34.0 Å². The number of amides is 1. The van der Waals surface area contributed by atoms with Crippen LogP contribution in [-0.2, 0) is 11.3 Å². The zero-order chi connectivity index (χ0) is 16.1. The van der Waals surface area contributed by atoms with Crippen molar-refractivity contribution in [2.45, 2.75) is 27.4 Å². The van der Waals surface area contributed by atoms with Crippen molar-refractivity contribution in [2.24, 2.45) is 0 Å². The summed E-state index contributed by atoms with van der Waals surface area (Å²) in [6.45, 7) is 5.46. The first kappa shape index (κ1) is 15.8. The van der Waals surface area contributed by atoms with Crippen molar-refractivity contribution >= 4 is 17.6 Å². The number of hydrogen-bond acceptors (Lipinski definition) is 3. The molecule has 4 nitrogen and oxygen atoms in total. The van der Waals surface area contributed by atoms with Gasteiger partial charge in [0.15, 0.2) is 5.78 Å². The van der Waals surface area contributed by atoms with E-state index in [1.54, 1.807) is 12.1 Å². The van der Waals surface area contributed by atoms with E-state index in [0.29, 0.717) is 11.3 Å². The third-order valence-corrected chi connectivity index (χ3v) is 3.34. The molecule has 0 unspecified atom stereocenters. The van der Waals surface area contributed by atoms with Crippen molar-refractivity contribution in [1.29, 1.82) is 0 Å². The molecule has 0 heterocycles. The summed E-state index contributed by atoms with van der Waals surface area (Å²) in [6.07, 6.45) is -0.516. The lowest BCUT2D eigenvalue weighted by Crippen LogP contribution is -2.14. The fraction of sp³-hybridized carbons (Fsp3) is 0.222. The second-order valence-corrected chi connectivity index (χ2v) is 5.23. The molecular weight excluding hydrogens is 278 g/mol. The maximum Gasteiger partial charge on any atom is 0.411 e. The first-order chi connectivity index (χ1) is 10.5. The van der Waals surface area contributed by atoms with Crippen LogP contribution in [0.15, 0.2) is 42.5 Å². The highest BCUT2D eigenvalue weighted by Crippen LogP contribution is 2.21. The monoisotopic (exact) mass is 297 g/mol. The summed E-state index contributed by atoms with van der Waals surface area (Å²) in [7, 11) is 0. The van der Waals surface area contributed by atoms with Crippen LogP contribution in [0, 0.1) is 13.8 Å². The normalized spacial score (nSPS) is 10.1. The first-order valence-corrected chi connectivity index (χ1v) is 7.07. The highest BCUT2D eigenvalue weighted by Gasteiger charge is 2.11. The number of anilines is 1. The molecule has 0 saturated carbocycles. The standard InChI is InChI=1S/C18H19NO3/c1-12-9-16(10-13(2)17(12)14(3)20)19-18(21)22-11-15-7-5-4-6-8-15/h4-10H,11H2,1-3H3,(H,19,21). The first-order valence-electron chi connectivity index (χ1n) is 7.07. The summed E-state index contributed by atoms with van der Waals surface area (Å²) in [6, 6.07) is 13.0. The van der Waals surface area contributed by atoms with Gasteiger partial charge in [-0.25, -0.2) is 4.79 Å². The Morgan fingerprint density at radius 1 is 1.05 bits per heavy atom. The molecule has 0 aromatic heterocycles. The lowest BCUT2D eigenvalue weighted by molar-refractivity contribution is 0.101. The zero-order valence-electron chi connectivity index (χ0n) is 13.0. The molecule has 1 N–H and O–H groups in total. The smallest absolute Gasteiger partial charge is 0.411 e. The molecule has 0 spiro atoms. The van der Waals surface area contributed by atoms with E-state index in [4.69, 9.17) is 4.74 Å². The highest BCUT2D eigenvalue weighted by atomic mass is 16.5. The van der Waals surface area contributed by atoms with Gasteiger partial charge in [-0.2, -0.15) is 0 Å². The van der Waals surface area contributed by atoms with Gasteiger partial charge in [0.05, 0.1) is 0 Å². The van der Waals surface area contributed by atoms with Gasteiger partial charge >= 0.3 is 6.09 Å². The number of Topliss-reactive ketones (excluding diaryl/α,β-unsaturated/α-hetero) is 1. The Kier molecular flexibility index (Phi) is 4.94. The molecule has 4 heteroatoms. The maximum atomic E-state index is 11.8. The number of carbonyl (C=O) groups is 2. The van der Waals surface area contributed by atoms with Crippen molar-refractivity contribution in [3.8, 4) is 0 Å². The number of aryl methyl sites for hydroxylation is 2. The number of benzene rings is 2. The minimum Gasteiger partial charge on any atom is -0.444 e. The SMILES string of the molecule is CC(=O)c1c(C)cc(NC(=O)OCc2ccccc2)cc1C. The number of nitrogens with one attached hydrogen (secondary N) is 1. The Morgan fingerprint density at radius 3 is 2.18 bits per heavy atom. The second-order valence-electron chi connectivity index (χ2n) is 5.23. The van der Waals surface area contributed by atoms with Gasteiger partial charge in [-0.05, 0) is 49.6 Å². The van der Waals surface area contributed by atoms with E-state index < -0.39 is 6.09 Å². The minimum atomic E-state index is -0.516. The molecule has 0 saturated heterocycles. The number of hydrogen-bond donors (Lipinski definition) is 1. The van der Waals surface area contributed by atoms with Gasteiger partial charge < -0.3 is 4.74 Å². The Morgan fingerprint density at radius 2 is 1.64 bits per heavy atom. The topological polar surface area (TPSA) is 55.4 Å². The van der Waals surface area contributed by atoms with E-state index in [-0.39, 0.29) is 12.4 Å². The van der Waals surface area contributed by atoms with E-state index in [9.17, 15) is 9.59 Å². The molecule has 0 aliphatic carbocycles. The summed E-state index contributed by atoms with van der Waals surface area (Å²) in [5.41, 5.74) is 3.93. The van der Waals surface area contributed by atoms with Crippen molar-refractivity contribution in [3.63, 3.8) is 0 Å². The molecular formula is C18H19NO3.